The minimum Gasteiger partial charge on any atom is -0.492 e. The molecule has 0 bridgehead atoms. The summed E-state index contributed by atoms with van der Waals surface area (Å²) in [6.45, 7) is 6.01. The first-order chi connectivity index (χ1) is 8.40. The molecule has 0 saturated carbocycles. The topological polar surface area (TPSA) is 50.4 Å². The lowest BCUT2D eigenvalue weighted by molar-refractivity contribution is -0.121. The Labute approximate surface area is 113 Å². The van der Waals surface area contributed by atoms with Crippen molar-refractivity contribution in [2.24, 2.45) is 0 Å². The molecule has 0 aliphatic rings. The van der Waals surface area contributed by atoms with E-state index in [9.17, 15) is 4.79 Å². The van der Waals surface area contributed by atoms with Gasteiger partial charge in [-0.2, -0.15) is 0 Å². The molecule has 0 spiro atoms. The van der Waals surface area contributed by atoms with E-state index in [1.807, 2.05) is 6.92 Å². The van der Waals surface area contributed by atoms with Gasteiger partial charge in [-0.15, -0.1) is 0 Å². The smallest absolute Gasteiger partial charge is 0.244 e. The van der Waals surface area contributed by atoms with Crippen molar-refractivity contribution < 1.29 is 9.53 Å². The van der Waals surface area contributed by atoms with Crippen LogP contribution >= 0.6 is 11.6 Å². The third-order valence-electron chi connectivity index (χ3n) is 2.68. The number of nitrogens with one attached hydrogen (secondary N) is 2. The molecule has 0 saturated heterocycles. The van der Waals surface area contributed by atoms with Crippen molar-refractivity contribution in [1.82, 2.24) is 5.32 Å². The monoisotopic (exact) mass is 270 g/mol. The van der Waals surface area contributed by atoms with Crippen LogP contribution in [-0.4, -0.2) is 25.1 Å². The molecule has 0 aliphatic heterocycles. The zero-order valence-electron chi connectivity index (χ0n) is 11.1. The van der Waals surface area contributed by atoms with E-state index in [0.717, 1.165) is 0 Å². The van der Waals surface area contributed by atoms with Gasteiger partial charge in [-0.1, -0.05) is 11.6 Å². The molecule has 0 radical (unpaired) electrons. The average Bonchev–Trinajstić information content (AvgIpc) is 2.32. The van der Waals surface area contributed by atoms with Crippen molar-refractivity contribution in [2.75, 3.05) is 19.0 Å². The van der Waals surface area contributed by atoms with Gasteiger partial charge in [0.05, 0.1) is 17.8 Å². The summed E-state index contributed by atoms with van der Waals surface area (Å²) in [5.74, 6) is 0.468. The van der Waals surface area contributed by atoms with Gasteiger partial charge >= 0.3 is 0 Å². The Bertz CT molecular complexity index is 433. The lowest BCUT2D eigenvalue weighted by Crippen LogP contribution is -2.47. The number of likely N-dealkylation sites (N-methyl/N-ethyl adjacent to an activating group) is 1. The van der Waals surface area contributed by atoms with E-state index in [-0.39, 0.29) is 5.91 Å². The van der Waals surface area contributed by atoms with Crippen molar-refractivity contribution in [3.63, 3.8) is 0 Å². The molecule has 0 aromatic heterocycles. The molecule has 0 unspecified atom stereocenters. The van der Waals surface area contributed by atoms with Crippen LogP contribution < -0.4 is 15.4 Å². The Morgan fingerprint density at radius 3 is 2.67 bits per heavy atom. The molecule has 0 fully saturated rings. The molecular formula is C13H19ClN2O2. The van der Waals surface area contributed by atoms with E-state index in [1.165, 1.54) is 0 Å². The largest absolute Gasteiger partial charge is 0.492 e. The second-order valence-corrected chi connectivity index (χ2v) is 4.84. The summed E-state index contributed by atoms with van der Waals surface area (Å²) < 4.78 is 5.45. The van der Waals surface area contributed by atoms with Crippen LogP contribution in [0.3, 0.4) is 0 Å². The number of anilines is 1. The van der Waals surface area contributed by atoms with E-state index in [4.69, 9.17) is 16.3 Å². The predicted molar refractivity (Wildman–Crippen MR) is 74.4 cm³/mol. The molecule has 18 heavy (non-hydrogen) atoms. The number of amides is 1. The Morgan fingerprint density at radius 2 is 2.11 bits per heavy atom. The maximum atomic E-state index is 12.1. The van der Waals surface area contributed by atoms with Crippen LogP contribution in [-0.2, 0) is 4.79 Å². The maximum Gasteiger partial charge on any atom is 0.244 e. The summed E-state index contributed by atoms with van der Waals surface area (Å²) in [6, 6.07) is 5.15. The molecule has 0 atom stereocenters. The van der Waals surface area contributed by atoms with E-state index in [2.05, 4.69) is 10.6 Å². The highest BCUT2D eigenvalue weighted by molar-refractivity contribution is 6.31. The molecule has 1 aromatic rings. The van der Waals surface area contributed by atoms with Gasteiger partial charge in [0.2, 0.25) is 5.91 Å². The Morgan fingerprint density at radius 1 is 1.44 bits per heavy atom. The van der Waals surface area contributed by atoms with Crippen molar-refractivity contribution in [3.05, 3.63) is 23.2 Å². The van der Waals surface area contributed by atoms with Crippen LogP contribution in [0, 0.1) is 0 Å². The third kappa shape index (κ3) is 3.62. The second kappa shape index (κ2) is 6.07. The van der Waals surface area contributed by atoms with Crippen LogP contribution in [0.1, 0.15) is 20.8 Å². The number of benzene rings is 1. The van der Waals surface area contributed by atoms with Crippen molar-refractivity contribution in [1.29, 1.82) is 0 Å². The SMILES string of the molecule is CCOc1ccc(Cl)cc1NC(=O)C(C)(C)NC. The van der Waals surface area contributed by atoms with Gasteiger partial charge in [-0.25, -0.2) is 0 Å². The maximum absolute atomic E-state index is 12.1. The van der Waals surface area contributed by atoms with Crippen molar-refractivity contribution >= 4 is 23.2 Å². The van der Waals surface area contributed by atoms with Gasteiger partial charge < -0.3 is 15.4 Å². The molecule has 5 heteroatoms. The molecule has 1 amide bonds. The predicted octanol–water partition coefficient (Wildman–Crippen LogP) is 2.68. The normalized spacial score (nSPS) is 11.2. The standard InChI is InChI=1S/C13H19ClN2O2/c1-5-18-11-7-6-9(14)8-10(11)16-12(17)13(2,3)15-4/h6-8,15H,5H2,1-4H3,(H,16,17). The van der Waals surface area contributed by atoms with Crippen molar-refractivity contribution in [2.45, 2.75) is 26.3 Å². The highest BCUT2D eigenvalue weighted by Gasteiger charge is 2.26. The molecule has 100 valence electrons. The Balaban J connectivity index is 2.95. The quantitative estimate of drug-likeness (QED) is 0.865. The highest BCUT2D eigenvalue weighted by atomic mass is 35.5. The number of hydrogen-bond acceptors (Lipinski definition) is 3. The molecule has 1 aromatic carbocycles. The van der Waals surface area contributed by atoms with Crippen LogP contribution in [0.15, 0.2) is 18.2 Å². The molecule has 0 heterocycles. The average molecular weight is 271 g/mol. The molecular weight excluding hydrogens is 252 g/mol. The number of ether oxygens (including phenoxy) is 1. The van der Waals surface area contributed by atoms with Gasteiger partial charge in [0, 0.05) is 5.02 Å². The lowest BCUT2D eigenvalue weighted by Gasteiger charge is -2.23. The van der Waals surface area contributed by atoms with E-state index in [1.54, 1.807) is 39.1 Å². The number of carbonyl (C=O) groups is 1. The second-order valence-electron chi connectivity index (χ2n) is 4.40. The first-order valence-corrected chi connectivity index (χ1v) is 6.21. The minimum absolute atomic E-state index is 0.145. The van der Waals surface area contributed by atoms with E-state index < -0.39 is 5.54 Å². The van der Waals surface area contributed by atoms with Gasteiger partial charge in [0.15, 0.2) is 0 Å². The van der Waals surface area contributed by atoms with Gasteiger partial charge in [-0.3, -0.25) is 4.79 Å². The highest BCUT2D eigenvalue weighted by Crippen LogP contribution is 2.28. The number of halogens is 1. The van der Waals surface area contributed by atoms with Crippen LogP contribution in [0.5, 0.6) is 5.75 Å². The summed E-state index contributed by atoms with van der Waals surface area (Å²) in [5, 5.41) is 6.31. The van der Waals surface area contributed by atoms with Crippen LogP contribution in [0.25, 0.3) is 0 Å². The number of hydrogen-bond donors (Lipinski definition) is 2. The van der Waals surface area contributed by atoms with Gasteiger partial charge in [0.1, 0.15) is 5.75 Å². The lowest BCUT2D eigenvalue weighted by atomic mass is 10.1. The van der Waals surface area contributed by atoms with E-state index in [0.29, 0.717) is 23.1 Å². The molecule has 1 rings (SSSR count). The van der Waals surface area contributed by atoms with Crippen LogP contribution in [0.2, 0.25) is 5.02 Å². The zero-order valence-corrected chi connectivity index (χ0v) is 11.9. The fourth-order valence-corrected chi connectivity index (χ4v) is 1.45. The Hall–Kier alpha value is -1.26. The minimum atomic E-state index is -0.661. The molecule has 0 aliphatic carbocycles. The van der Waals surface area contributed by atoms with Gasteiger partial charge in [0.25, 0.3) is 0 Å². The summed E-state index contributed by atoms with van der Waals surface area (Å²) in [4.78, 5) is 12.1. The number of rotatable bonds is 5. The van der Waals surface area contributed by atoms with E-state index >= 15 is 0 Å². The third-order valence-corrected chi connectivity index (χ3v) is 2.92. The first kappa shape index (κ1) is 14.8. The van der Waals surface area contributed by atoms with Crippen molar-refractivity contribution in [3.8, 4) is 5.75 Å². The fourth-order valence-electron chi connectivity index (χ4n) is 1.27. The number of carbonyl (C=O) groups excluding carboxylic acids is 1. The van der Waals surface area contributed by atoms with Crippen LogP contribution in [0.4, 0.5) is 5.69 Å². The summed E-state index contributed by atoms with van der Waals surface area (Å²) in [5.41, 5.74) is -0.0797. The fraction of sp³-hybridized carbons (Fsp3) is 0.462. The summed E-state index contributed by atoms with van der Waals surface area (Å²) in [7, 11) is 1.74. The van der Waals surface area contributed by atoms with Gasteiger partial charge in [-0.05, 0) is 46.0 Å². The summed E-state index contributed by atoms with van der Waals surface area (Å²) >= 11 is 5.93. The molecule has 2 N–H and O–H groups in total. The zero-order chi connectivity index (χ0) is 13.8. The Kier molecular flexibility index (Phi) is 4.99. The molecule has 4 nitrogen and oxygen atoms in total. The summed E-state index contributed by atoms with van der Waals surface area (Å²) in [6.07, 6.45) is 0. The first-order valence-electron chi connectivity index (χ1n) is 5.83.